The highest BCUT2D eigenvalue weighted by atomic mass is 16.5. The minimum absolute atomic E-state index is 0.0240. The van der Waals surface area contributed by atoms with Gasteiger partial charge in [0, 0.05) is 18.5 Å². The van der Waals surface area contributed by atoms with E-state index >= 15 is 0 Å². The van der Waals surface area contributed by atoms with Gasteiger partial charge in [0.05, 0.1) is 0 Å². The minimum atomic E-state index is -0.0240. The average molecular weight is 249 g/mol. The molecule has 0 amide bonds. The molecule has 18 heavy (non-hydrogen) atoms. The van der Waals surface area contributed by atoms with E-state index in [0.29, 0.717) is 0 Å². The number of rotatable bonds is 4. The summed E-state index contributed by atoms with van der Waals surface area (Å²) < 4.78 is 5.31. The van der Waals surface area contributed by atoms with Crippen molar-refractivity contribution in [2.24, 2.45) is 5.92 Å². The van der Waals surface area contributed by atoms with E-state index < -0.39 is 0 Å². The Kier molecular flexibility index (Phi) is 4.30. The topological polar surface area (TPSA) is 47.0 Å². The predicted molar refractivity (Wildman–Crippen MR) is 71.6 cm³/mol. The lowest BCUT2D eigenvalue weighted by Gasteiger charge is -2.25. The summed E-state index contributed by atoms with van der Waals surface area (Å²) in [6.07, 6.45) is 3.35. The van der Waals surface area contributed by atoms with Crippen molar-refractivity contribution in [1.82, 2.24) is 15.3 Å². The predicted octanol–water partition coefficient (Wildman–Crippen LogP) is 1.82. The lowest BCUT2D eigenvalue weighted by Crippen LogP contribution is -2.26. The van der Waals surface area contributed by atoms with Crippen molar-refractivity contribution in [3.63, 3.8) is 0 Å². The molecule has 0 spiro atoms. The first-order valence-corrected chi connectivity index (χ1v) is 6.69. The molecule has 0 bridgehead atoms. The molecule has 1 aliphatic carbocycles. The van der Waals surface area contributed by atoms with Crippen molar-refractivity contribution in [2.45, 2.75) is 39.2 Å². The fourth-order valence-electron chi connectivity index (χ4n) is 2.63. The lowest BCUT2D eigenvalue weighted by molar-refractivity contribution is 0.111. The first-order valence-electron chi connectivity index (χ1n) is 6.69. The van der Waals surface area contributed by atoms with E-state index in [-0.39, 0.29) is 6.10 Å². The molecule has 2 unspecified atom stereocenters. The monoisotopic (exact) mass is 249 g/mol. The zero-order chi connectivity index (χ0) is 13.1. The van der Waals surface area contributed by atoms with Crippen LogP contribution >= 0.6 is 0 Å². The molecule has 2 rings (SSSR count). The van der Waals surface area contributed by atoms with Gasteiger partial charge in [-0.2, -0.15) is 0 Å². The van der Waals surface area contributed by atoms with E-state index in [1.54, 1.807) is 7.11 Å². The summed E-state index contributed by atoms with van der Waals surface area (Å²) in [6, 6.07) is 0. The van der Waals surface area contributed by atoms with Gasteiger partial charge in [-0.1, -0.05) is 0 Å². The summed E-state index contributed by atoms with van der Waals surface area (Å²) in [7, 11) is 3.72. The van der Waals surface area contributed by atoms with Gasteiger partial charge in [0.25, 0.3) is 0 Å². The highest BCUT2D eigenvalue weighted by Gasteiger charge is 2.23. The van der Waals surface area contributed by atoms with Crippen molar-refractivity contribution >= 4 is 0 Å². The molecule has 1 heterocycles. The summed E-state index contributed by atoms with van der Waals surface area (Å²) in [5, 5.41) is 3.27. The van der Waals surface area contributed by atoms with Gasteiger partial charge in [-0.05, 0) is 58.2 Å². The van der Waals surface area contributed by atoms with Gasteiger partial charge in [-0.25, -0.2) is 9.97 Å². The normalized spacial score (nSPS) is 20.6. The Labute approximate surface area is 109 Å². The first-order chi connectivity index (χ1) is 8.65. The van der Waals surface area contributed by atoms with Gasteiger partial charge in [0.1, 0.15) is 6.10 Å². The number of ether oxygens (including phenoxy) is 1. The highest BCUT2D eigenvalue weighted by molar-refractivity contribution is 5.28. The molecule has 0 aromatic carbocycles. The van der Waals surface area contributed by atoms with Crippen molar-refractivity contribution < 1.29 is 4.74 Å². The summed E-state index contributed by atoms with van der Waals surface area (Å²) in [5.74, 6) is 1.54. The van der Waals surface area contributed by atoms with E-state index in [0.717, 1.165) is 36.8 Å². The third-order valence-corrected chi connectivity index (χ3v) is 3.81. The highest BCUT2D eigenvalue weighted by Crippen LogP contribution is 2.27. The Morgan fingerprint density at radius 2 is 2.22 bits per heavy atom. The molecule has 100 valence electrons. The molecule has 0 fully saturated rings. The minimum Gasteiger partial charge on any atom is -0.374 e. The third kappa shape index (κ3) is 2.70. The van der Waals surface area contributed by atoms with E-state index in [2.05, 4.69) is 22.2 Å². The van der Waals surface area contributed by atoms with E-state index in [9.17, 15) is 0 Å². The van der Waals surface area contributed by atoms with Gasteiger partial charge in [-0.3, -0.25) is 0 Å². The van der Waals surface area contributed by atoms with Crippen LogP contribution in [-0.2, 0) is 17.6 Å². The van der Waals surface area contributed by atoms with Crippen LogP contribution in [0.2, 0.25) is 0 Å². The molecule has 1 aromatic heterocycles. The molecule has 4 nitrogen and oxygen atoms in total. The molecule has 0 aliphatic heterocycles. The second kappa shape index (κ2) is 5.76. The molecule has 1 aliphatic rings. The van der Waals surface area contributed by atoms with E-state index in [4.69, 9.17) is 4.74 Å². The van der Waals surface area contributed by atoms with E-state index in [1.807, 2.05) is 14.0 Å². The van der Waals surface area contributed by atoms with Crippen LogP contribution in [0.5, 0.6) is 0 Å². The summed E-state index contributed by atoms with van der Waals surface area (Å²) in [5.41, 5.74) is 3.71. The SMILES string of the molecule is CNCC1CCc2nc(C(C)OC)nc(C)c2C1. The first kappa shape index (κ1) is 13.4. The molecule has 0 radical (unpaired) electrons. The molecular weight excluding hydrogens is 226 g/mol. The Bertz CT molecular complexity index is 420. The maximum absolute atomic E-state index is 5.31. The van der Waals surface area contributed by atoms with Gasteiger partial charge in [0.2, 0.25) is 0 Å². The molecule has 1 aromatic rings. The molecule has 0 saturated heterocycles. The molecule has 4 heteroatoms. The average Bonchev–Trinajstić information content (AvgIpc) is 2.38. The number of aromatic nitrogens is 2. The van der Waals surface area contributed by atoms with Gasteiger partial charge in [-0.15, -0.1) is 0 Å². The summed E-state index contributed by atoms with van der Waals surface area (Å²) in [6.45, 7) is 5.16. The largest absolute Gasteiger partial charge is 0.374 e. The second-order valence-electron chi connectivity index (χ2n) is 5.14. The van der Waals surface area contributed by atoms with Crippen molar-refractivity contribution in [3.8, 4) is 0 Å². The Morgan fingerprint density at radius 1 is 1.44 bits per heavy atom. The van der Waals surface area contributed by atoms with Crippen LogP contribution in [0, 0.1) is 12.8 Å². The molecule has 0 saturated carbocycles. The molecule has 1 N–H and O–H groups in total. The van der Waals surface area contributed by atoms with Gasteiger partial charge in [0.15, 0.2) is 5.82 Å². The number of aryl methyl sites for hydroxylation is 2. The van der Waals surface area contributed by atoms with Crippen LogP contribution in [-0.4, -0.2) is 30.7 Å². The quantitative estimate of drug-likeness (QED) is 0.884. The number of nitrogens with one attached hydrogen (secondary N) is 1. The Balaban J connectivity index is 2.25. The second-order valence-corrected chi connectivity index (χ2v) is 5.14. The Morgan fingerprint density at radius 3 is 2.89 bits per heavy atom. The van der Waals surface area contributed by atoms with Crippen molar-refractivity contribution in [3.05, 3.63) is 22.8 Å². The zero-order valence-corrected chi connectivity index (χ0v) is 11.8. The van der Waals surface area contributed by atoms with Crippen LogP contribution in [0.3, 0.4) is 0 Å². The number of methoxy groups -OCH3 is 1. The van der Waals surface area contributed by atoms with Gasteiger partial charge < -0.3 is 10.1 Å². The van der Waals surface area contributed by atoms with Crippen molar-refractivity contribution in [2.75, 3.05) is 20.7 Å². The van der Waals surface area contributed by atoms with Crippen LogP contribution < -0.4 is 5.32 Å². The maximum Gasteiger partial charge on any atom is 0.157 e. The fourth-order valence-corrected chi connectivity index (χ4v) is 2.63. The number of nitrogens with zero attached hydrogens (tertiary/aromatic N) is 2. The summed E-state index contributed by atoms with van der Waals surface area (Å²) >= 11 is 0. The third-order valence-electron chi connectivity index (χ3n) is 3.81. The fraction of sp³-hybridized carbons (Fsp3) is 0.714. The number of hydrogen-bond donors (Lipinski definition) is 1. The number of hydrogen-bond acceptors (Lipinski definition) is 4. The van der Waals surface area contributed by atoms with Crippen LogP contribution in [0.4, 0.5) is 0 Å². The van der Waals surface area contributed by atoms with Crippen LogP contribution in [0.15, 0.2) is 0 Å². The summed E-state index contributed by atoms with van der Waals surface area (Å²) in [4.78, 5) is 9.28. The van der Waals surface area contributed by atoms with Crippen LogP contribution in [0.1, 0.15) is 42.2 Å². The van der Waals surface area contributed by atoms with Crippen molar-refractivity contribution in [1.29, 1.82) is 0 Å². The molecule has 2 atom stereocenters. The maximum atomic E-state index is 5.31. The number of fused-ring (bicyclic) bond motifs is 1. The lowest BCUT2D eigenvalue weighted by atomic mass is 9.85. The van der Waals surface area contributed by atoms with E-state index in [1.165, 1.54) is 17.7 Å². The Hall–Kier alpha value is -1.00. The van der Waals surface area contributed by atoms with Gasteiger partial charge >= 0.3 is 0 Å². The molecular formula is C14H23N3O. The smallest absolute Gasteiger partial charge is 0.157 e. The zero-order valence-electron chi connectivity index (χ0n) is 11.8. The van der Waals surface area contributed by atoms with Crippen LogP contribution in [0.25, 0.3) is 0 Å². The standard InChI is InChI=1S/C14H23N3O/c1-9-12-7-11(8-15-3)5-6-13(12)17-14(16-9)10(2)18-4/h10-11,15H,5-8H2,1-4H3.